The molecule has 0 radical (unpaired) electrons. The molecule has 1 aromatic carbocycles. The van der Waals surface area contributed by atoms with E-state index in [1.807, 2.05) is 25.3 Å². The zero-order valence-corrected chi connectivity index (χ0v) is 19.8. The lowest BCUT2D eigenvalue weighted by Gasteiger charge is -2.29. The molecule has 3 rings (SSSR count). The van der Waals surface area contributed by atoms with E-state index < -0.39 is 0 Å². The first kappa shape index (κ1) is 24.9. The Kier molecular flexibility index (Phi) is 8.78. The summed E-state index contributed by atoms with van der Waals surface area (Å²) >= 11 is 0. The molecule has 2 heterocycles. The molecule has 2 amide bonds. The molecule has 1 saturated heterocycles. The number of benzene rings is 1. The number of amides is 2. The Labute approximate surface area is 199 Å². The fourth-order valence-corrected chi connectivity index (χ4v) is 3.77. The standard InChI is InChI=1S/C24H31N5O5/c1-17-11-20(33-3)21(12-19(17)25-13-18-7-4-5-9-29(18)16-31)34-10-6-8-24(32)27-22-14-28(2)23(15-30)26-22/h11-16,18H,4-10H2,1-3H3,(H,27,32)/b25-13-/t18-/m1/s1. The molecule has 10 heteroatoms. The number of methoxy groups -OCH3 is 1. The van der Waals surface area contributed by atoms with Gasteiger partial charge in [0.1, 0.15) is 0 Å². The van der Waals surface area contributed by atoms with E-state index in [0.29, 0.717) is 36.6 Å². The fourth-order valence-electron chi connectivity index (χ4n) is 3.77. The Morgan fingerprint density at radius 1 is 1.29 bits per heavy atom. The van der Waals surface area contributed by atoms with Crippen molar-refractivity contribution in [2.45, 2.75) is 45.1 Å². The molecule has 0 saturated carbocycles. The van der Waals surface area contributed by atoms with Crippen LogP contribution >= 0.6 is 0 Å². The van der Waals surface area contributed by atoms with Gasteiger partial charge in [0.2, 0.25) is 12.3 Å². The van der Waals surface area contributed by atoms with Crippen molar-refractivity contribution >= 4 is 36.3 Å². The van der Waals surface area contributed by atoms with Gasteiger partial charge in [-0.15, -0.1) is 0 Å². The first-order chi connectivity index (χ1) is 16.4. The first-order valence-corrected chi connectivity index (χ1v) is 11.3. The summed E-state index contributed by atoms with van der Waals surface area (Å²) < 4.78 is 12.9. The lowest BCUT2D eigenvalue weighted by Crippen LogP contribution is -2.39. The van der Waals surface area contributed by atoms with E-state index in [9.17, 15) is 14.4 Å². The van der Waals surface area contributed by atoms with Crippen molar-refractivity contribution in [1.29, 1.82) is 0 Å². The monoisotopic (exact) mass is 469 g/mol. The molecular weight excluding hydrogens is 438 g/mol. The second-order valence-corrected chi connectivity index (χ2v) is 8.19. The van der Waals surface area contributed by atoms with Crippen LogP contribution in [0.15, 0.2) is 23.3 Å². The smallest absolute Gasteiger partial charge is 0.225 e. The average Bonchev–Trinajstić information content (AvgIpc) is 3.20. The van der Waals surface area contributed by atoms with Crippen LogP contribution in [0.1, 0.15) is 48.3 Å². The van der Waals surface area contributed by atoms with Crippen molar-refractivity contribution in [3.05, 3.63) is 29.7 Å². The van der Waals surface area contributed by atoms with Crippen molar-refractivity contribution in [3.8, 4) is 11.5 Å². The molecule has 1 fully saturated rings. The number of hydrogen-bond donors (Lipinski definition) is 1. The number of piperidine rings is 1. The van der Waals surface area contributed by atoms with E-state index >= 15 is 0 Å². The number of carbonyl (C=O) groups excluding carboxylic acids is 3. The number of hydrogen-bond acceptors (Lipinski definition) is 7. The fraction of sp³-hybridized carbons (Fsp3) is 0.458. The highest BCUT2D eigenvalue weighted by molar-refractivity contribution is 5.90. The maximum Gasteiger partial charge on any atom is 0.225 e. The van der Waals surface area contributed by atoms with Crippen molar-refractivity contribution in [2.75, 3.05) is 25.6 Å². The number of ether oxygens (including phenoxy) is 2. The number of nitrogens with one attached hydrogen (secondary N) is 1. The minimum absolute atomic E-state index is 0.00246. The van der Waals surface area contributed by atoms with Crippen LogP contribution in [-0.4, -0.2) is 65.6 Å². The molecule has 1 N–H and O–H groups in total. The van der Waals surface area contributed by atoms with E-state index in [0.717, 1.165) is 43.5 Å². The molecule has 0 unspecified atom stereocenters. The summed E-state index contributed by atoms with van der Waals surface area (Å²) in [7, 11) is 3.25. The number of aromatic nitrogens is 2. The summed E-state index contributed by atoms with van der Waals surface area (Å²) in [5.74, 6) is 1.49. The summed E-state index contributed by atoms with van der Waals surface area (Å²) in [6.07, 6.45) is 8.62. The van der Waals surface area contributed by atoms with Crippen LogP contribution < -0.4 is 14.8 Å². The molecule has 10 nitrogen and oxygen atoms in total. The molecule has 182 valence electrons. The van der Waals surface area contributed by atoms with Crippen LogP contribution in [0.4, 0.5) is 11.5 Å². The molecule has 0 spiro atoms. The van der Waals surface area contributed by atoms with Gasteiger partial charge < -0.3 is 24.3 Å². The first-order valence-electron chi connectivity index (χ1n) is 11.3. The van der Waals surface area contributed by atoms with Gasteiger partial charge in [-0.25, -0.2) is 4.98 Å². The number of aldehydes is 1. The van der Waals surface area contributed by atoms with E-state index in [1.165, 1.54) is 0 Å². The maximum absolute atomic E-state index is 12.2. The van der Waals surface area contributed by atoms with Gasteiger partial charge in [-0.2, -0.15) is 0 Å². The number of anilines is 1. The third-order valence-corrected chi connectivity index (χ3v) is 5.69. The summed E-state index contributed by atoms with van der Waals surface area (Å²) in [5, 5.41) is 2.67. The minimum atomic E-state index is -0.215. The second-order valence-electron chi connectivity index (χ2n) is 8.19. The van der Waals surface area contributed by atoms with Gasteiger partial charge in [0.05, 0.1) is 25.4 Å². The lowest BCUT2D eigenvalue weighted by atomic mass is 10.0. The highest BCUT2D eigenvalue weighted by atomic mass is 16.5. The molecule has 0 aliphatic carbocycles. The summed E-state index contributed by atoms with van der Waals surface area (Å²) in [5.41, 5.74) is 1.67. The Morgan fingerprint density at radius 3 is 2.82 bits per heavy atom. The molecule has 1 aromatic heterocycles. The second kappa shape index (κ2) is 12.0. The number of likely N-dealkylation sites (tertiary alicyclic amines) is 1. The van der Waals surface area contributed by atoms with E-state index in [-0.39, 0.29) is 24.2 Å². The normalized spacial score (nSPS) is 15.9. The van der Waals surface area contributed by atoms with Crippen LogP contribution in [0.3, 0.4) is 0 Å². The number of aryl methyl sites for hydroxylation is 2. The van der Waals surface area contributed by atoms with Crippen LogP contribution in [0, 0.1) is 6.92 Å². The third kappa shape index (κ3) is 6.43. The van der Waals surface area contributed by atoms with Gasteiger partial charge in [-0.05, 0) is 44.2 Å². The van der Waals surface area contributed by atoms with Crippen molar-refractivity contribution < 1.29 is 23.9 Å². The van der Waals surface area contributed by atoms with E-state index in [1.54, 1.807) is 29.8 Å². The van der Waals surface area contributed by atoms with Gasteiger partial charge in [0, 0.05) is 38.5 Å². The molecule has 2 aromatic rings. The maximum atomic E-state index is 12.2. The predicted molar refractivity (Wildman–Crippen MR) is 128 cm³/mol. The van der Waals surface area contributed by atoms with Crippen LogP contribution in [0.2, 0.25) is 0 Å². The zero-order valence-electron chi connectivity index (χ0n) is 19.8. The van der Waals surface area contributed by atoms with Gasteiger partial charge in [0.25, 0.3) is 0 Å². The van der Waals surface area contributed by atoms with Gasteiger partial charge in [-0.3, -0.25) is 19.4 Å². The average molecular weight is 470 g/mol. The quantitative estimate of drug-likeness (QED) is 0.307. The summed E-state index contributed by atoms with van der Waals surface area (Å²) in [6.45, 7) is 3.00. The third-order valence-electron chi connectivity index (χ3n) is 5.69. The highest BCUT2D eigenvalue weighted by Crippen LogP contribution is 2.35. The van der Waals surface area contributed by atoms with Gasteiger partial charge in [-0.1, -0.05) is 0 Å². The molecule has 34 heavy (non-hydrogen) atoms. The van der Waals surface area contributed by atoms with Crippen LogP contribution in [0.25, 0.3) is 0 Å². The minimum Gasteiger partial charge on any atom is -0.493 e. The summed E-state index contributed by atoms with van der Waals surface area (Å²) in [4.78, 5) is 44.8. The Balaban J connectivity index is 1.57. The number of imidazole rings is 1. The largest absolute Gasteiger partial charge is 0.493 e. The summed E-state index contributed by atoms with van der Waals surface area (Å²) in [6, 6.07) is 3.67. The number of rotatable bonds is 11. The Morgan fingerprint density at radius 2 is 2.12 bits per heavy atom. The number of nitrogens with zero attached hydrogens (tertiary/aromatic N) is 4. The number of aliphatic imine (C=N–C) groups is 1. The lowest BCUT2D eigenvalue weighted by molar-refractivity contribution is -0.120. The molecule has 1 aliphatic heterocycles. The Bertz CT molecular complexity index is 1050. The molecule has 1 atom stereocenters. The molecular formula is C24H31N5O5. The molecule has 0 bridgehead atoms. The van der Waals surface area contributed by atoms with Crippen molar-refractivity contribution in [3.63, 3.8) is 0 Å². The van der Waals surface area contributed by atoms with Crippen LogP contribution in [-0.2, 0) is 16.6 Å². The Hall–Kier alpha value is -3.69. The predicted octanol–water partition coefficient (Wildman–Crippen LogP) is 3.06. The topological polar surface area (TPSA) is 115 Å². The SMILES string of the molecule is COc1cc(C)c(/N=C\[C@H]2CCCCN2C=O)cc1OCCCC(=O)Nc1cn(C)c(C=O)n1. The molecule has 1 aliphatic rings. The van der Waals surface area contributed by atoms with E-state index in [2.05, 4.69) is 15.3 Å². The van der Waals surface area contributed by atoms with Gasteiger partial charge in [0.15, 0.2) is 29.4 Å². The van der Waals surface area contributed by atoms with Gasteiger partial charge >= 0.3 is 0 Å². The highest BCUT2D eigenvalue weighted by Gasteiger charge is 2.19. The zero-order chi connectivity index (χ0) is 24.5. The van der Waals surface area contributed by atoms with Crippen molar-refractivity contribution in [2.24, 2.45) is 12.0 Å². The number of carbonyl (C=O) groups is 3. The van der Waals surface area contributed by atoms with Crippen molar-refractivity contribution in [1.82, 2.24) is 14.5 Å². The van der Waals surface area contributed by atoms with Crippen LogP contribution in [0.5, 0.6) is 11.5 Å². The van der Waals surface area contributed by atoms with E-state index in [4.69, 9.17) is 9.47 Å².